The van der Waals surface area contributed by atoms with E-state index in [4.69, 9.17) is 0 Å². The molecule has 0 bridgehead atoms. The van der Waals surface area contributed by atoms with Gasteiger partial charge in [-0.1, -0.05) is 27.7 Å². The molecule has 2 rings (SSSR count). The smallest absolute Gasteiger partial charge is 0.251 e. The summed E-state index contributed by atoms with van der Waals surface area (Å²) in [6.07, 6.45) is 1.01. The first-order valence-electron chi connectivity index (χ1n) is 7.05. The first-order chi connectivity index (χ1) is 8.90. The maximum atomic E-state index is 12.2. The molecule has 0 atom stereocenters. The fraction of sp³-hybridized carbons (Fsp3) is 0.562. The Balaban J connectivity index is 2.01. The van der Waals surface area contributed by atoms with Crippen LogP contribution in [0.5, 0.6) is 0 Å². The van der Waals surface area contributed by atoms with Crippen molar-refractivity contribution in [3.05, 3.63) is 29.3 Å². The number of carbonyl (C=O) groups is 1. The Hall–Kier alpha value is -1.51. The van der Waals surface area contributed by atoms with Gasteiger partial charge in [-0.05, 0) is 41.5 Å². The highest BCUT2D eigenvalue weighted by Gasteiger charge is 2.23. The van der Waals surface area contributed by atoms with E-state index in [0.717, 1.165) is 18.5 Å². The third-order valence-electron chi connectivity index (χ3n) is 4.34. The van der Waals surface area contributed by atoms with Crippen molar-refractivity contribution in [1.29, 1.82) is 0 Å². The predicted molar refractivity (Wildman–Crippen MR) is 79.6 cm³/mol. The highest BCUT2D eigenvalue weighted by atomic mass is 16.1. The number of hydrogen-bond acceptors (Lipinski definition) is 2. The summed E-state index contributed by atoms with van der Waals surface area (Å²) in [6, 6.07) is 5.91. The zero-order valence-corrected chi connectivity index (χ0v) is 12.3. The van der Waals surface area contributed by atoms with Gasteiger partial charge in [-0.25, -0.2) is 0 Å². The van der Waals surface area contributed by atoms with Crippen LogP contribution in [0.4, 0.5) is 5.69 Å². The average Bonchev–Trinajstić information content (AvgIpc) is 2.82. The minimum absolute atomic E-state index is 0.0309. The van der Waals surface area contributed by atoms with Crippen LogP contribution in [0.1, 0.15) is 43.6 Å². The van der Waals surface area contributed by atoms with Crippen LogP contribution >= 0.6 is 0 Å². The van der Waals surface area contributed by atoms with Crippen molar-refractivity contribution in [2.75, 3.05) is 18.4 Å². The van der Waals surface area contributed by atoms with Crippen molar-refractivity contribution in [3.8, 4) is 0 Å². The number of rotatable bonds is 4. The van der Waals surface area contributed by atoms with Gasteiger partial charge in [0.05, 0.1) is 0 Å². The zero-order valence-electron chi connectivity index (χ0n) is 12.3. The van der Waals surface area contributed by atoms with E-state index in [1.807, 2.05) is 18.2 Å². The van der Waals surface area contributed by atoms with Gasteiger partial charge in [0.15, 0.2) is 0 Å². The van der Waals surface area contributed by atoms with Crippen LogP contribution < -0.4 is 10.6 Å². The van der Waals surface area contributed by atoms with Crippen molar-refractivity contribution in [3.63, 3.8) is 0 Å². The Morgan fingerprint density at radius 2 is 2.16 bits per heavy atom. The largest absolute Gasteiger partial charge is 0.384 e. The van der Waals surface area contributed by atoms with E-state index in [2.05, 4.69) is 38.3 Å². The molecule has 1 amide bonds. The summed E-state index contributed by atoms with van der Waals surface area (Å²) < 4.78 is 0. The number of nitrogens with one attached hydrogen (secondary N) is 2. The molecule has 1 aromatic rings. The molecule has 0 unspecified atom stereocenters. The summed E-state index contributed by atoms with van der Waals surface area (Å²) in [7, 11) is 0. The minimum Gasteiger partial charge on any atom is -0.384 e. The Morgan fingerprint density at radius 3 is 2.84 bits per heavy atom. The zero-order chi connectivity index (χ0) is 14.0. The third kappa shape index (κ3) is 3.09. The van der Waals surface area contributed by atoms with Crippen LogP contribution in [-0.2, 0) is 6.42 Å². The third-order valence-corrected chi connectivity index (χ3v) is 4.34. The van der Waals surface area contributed by atoms with Crippen molar-refractivity contribution in [2.24, 2.45) is 11.3 Å². The molecular formula is C16H24N2O. The Morgan fingerprint density at radius 1 is 1.42 bits per heavy atom. The second-order valence-corrected chi connectivity index (χ2v) is 6.37. The van der Waals surface area contributed by atoms with E-state index in [-0.39, 0.29) is 11.3 Å². The van der Waals surface area contributed by atoms with Crippen molar-refractivity contribution in [2.45, 2.75) is 34.1 Å². The summed E-state index contributed by atoms with van der Waals surface area (Å²) in [5.41, 5.74) is 3.30. The van der Waals surface area contributed by atoms with Gasteiger partial charge in [0, 0.05) is 24.3 Å². The fourth-order valence-corrected chi connectivity index (χ4v) is 2.06. The van der Waals surface area contributed by atoms with Gasteiger partial charge in [-0.2, -0.15) is 0 Å². The molecule has 1 heterocycles. The van der Waals surface area contributed by atoms with Crippen LogP contribution in [0, 0.1) is 11.3 Å². The first kappa shape index (κ1) is 13.9. The molecule has 1 aromatic carbocycles. The van der Waals surface area contributed by atoms with Crippen LogP contribution in [0.2, 0.25) is 0 Å². The second-order valence-electron chi connectivity index (χ2n) is 6.37. The number of hydrogen-bond donors (Lipinski definition) is 2. The number of anilines is 1. The number of carbonyl (C=O) groups excluding carboxylic acids is 1. The maximum absolute atomic E-state index is 12.2. The molecule has 0 radical (unpaired) electrons. The fourth-order valence-electron chi connectivity index (χ4n) is 2.06. The van der Waals surface area contributed by atoms with Crippen molar-refractivity contribution < 1.29 is 4.79 Å². The van der Waals surface area contributed by atoms with E-state index in [9.17, 15) is 4.79 Å². The molecule has 0 spiro atoms. The summed E-state index contributed by atoms with van der Waals surface area (Å²) in [6.45, 7) is 10.4. The average molecular weight is 260 g/mol. The molecular weight excluding hydrogens is 236 g/mol. The normalized spacial score (nSPS) is 14.2. The molecule has 0 aliphatic carbocycles. The monoisotopic (exact) mass is 260 g/mol. The number of benzene rings is 1. The molecule has 3 nitrogen and oxygen atoms in total. The van der Waals surface area contributed by atoms with Crippen LogP contribution in [-0.4, -0.2) is 19.0 Å². The summed E-state index contributed by atoms with van der Waals surface area (Å²) in [5, 5.41) is 6.36. The predicted octanol–water partition coefficient (Wildman–Crippen LogP) is 3.07. The van der Waals surface area contributed by atoms with E-state index >= 15 is 0 Å². The maximum Gasteiger partial charge on any atom is 0.251 e. The van der Waals surface area contributed by atoms with Gasteiger partial charge in [-0.3, -0.25) is 4.79 Å². The lowest BCUT2D eigenvalue weighted by Crippen LogP contribution is -2.36. The Labute approximate surface area is 115 Å². The molecule has 3 heteroatoms. The molecule has 2 N–H and O–H groups in total. The highest BCUT2D eigenvalue weighted by molar-refractivity contribution is 5.95. The van der Waals surface area contributed by atoms with Gasteiger partial charge in [0.25, 0.3) is 5.91 Å². The van der Waals surface area contributed by atoms with E-state index < -0.39 is 0 Å². The lowest BCUT2D eigenvalue weighted by Gasteiger charge is -2.29. The van der Waals surface area contributed by atoms with Crippen molar-refractivity contribution in [1.82, 2.24) is 5.32 Å². The topological polar surface area (TPSA) is 41.1 Å². The molecule has 0 saturated heterocycles. The first-order valence-corrected chi connectivity index (χ1v) is 7.05. The minimum atomic E-state index is 0.0309. The second kappa shape index (κ2) is 5.24. The van der Waals surface area contributed by atoms with Gasteiger partial charge in [0.1, 0.15) is 0 Å². The quantitative estimate of drug-likeness (QED) is 0.873. The van der Waals surface area contributed by atoms with Gasteiger partial charge in [-0.15, -0.1) is 0 Å². The van der Waals surface area contributed by atoms with Crippen LogP contribution in [0.3, 0.4) is 0 Å². The van der Waals surface area contributed by atoms with Crippen LogP contribution in [0.15, 0.2) is 18.2 Å². The number of fused-ring (bicyclic) bond motifs is 1. The lowest BCUT2D eigenvalue weighted by molar-refractivity contribution is 0.0924. The van der Waals surface area contributed by atoms with E-state index in [1.165, 1.54) is 11.3 Å². The van der Waals surface area contributed by atoms with E-state index in [0.29, 0.717) is 12.5 Å². The van der Waals surface area contributed by atoms with Gasteiger partial charge < -0.3 is 10.6 Å². The molecule has 1 aliphatic heterocycles. The number of amides is 1. The molecule has 19 heavy (non-hydrogen) atoms. The lowest BCUT2D eigenvalue weighted by atomic mass is 9.81. The Kier molecular flexibility index (Phi) is 3.83. The summed E-state index contributed by atoms with van der Waals surface area (Å²) in [5.74, 6) is 0.570. The van der Waals surface area contributed by atoms with Gasteiger partial charge in [0.2, 0.25) is 0 Å². The molecule has 0 fully saturated rings. The summed E-state index contributed by atoms with van der Waals surface area (Å²) >= 11 is 0. The van der Waals surface area contributed by atoms with Gasteiger partial charge >= 0.3 is 0 Å². The molecule has 1 aliphatic rings. The SMILES string of the molecule is CC(C)C(C)(C)CNC(=O)c1ccc2c(c1)CCN2. The Bertz CT molecular complexity index is 478. The molecule has 0 aromatic heterocycles. The molecule has 0 saturated carbocycles. The van der Waals surface area contributed by atoms with Crippen LogP contribution in [0.25, 0.3) is 0 Å². The van der Waals surface area contributed by atoms with E-state index in [1.54, 1.807) is 0 Å². The summed E-state index contributed by atoms with van der Waals surface area (Å²) in [4.78, 5) is 12.2. The standard InChI is InChI=1S/C16H24N2O/c1-11(2)16(3,4)10-18-15(19)13-5-6-14-12(9-13)7-8-17-14/h5-6,9,11,17H,7-8,10H2,1-4H3,(H,18,19). The molecule has 104 valence electrons. The highest BCUT2D eigenvalue weighted by Crippen LogP contribution is 2.25. The van der Waals surface area contributed by atoms with Crippen molar-refractivity contribution >= 4 is 11.6 Å².